The Kier molecular flexibility index (Phi) is 8.07. The normalized spacial score (nSPS) is 18.7. The van der Waals surface area contributed by atoms with Crippen LogP contribution in [0.25, 0.3) is 10.9 Å². The molecule has 1 amide bonds. The second-order valence-electron chi connectivity index (χ2n) is 8.76. The van der Waals surface area contributed by atoms with Crippen molar-refractivity contribution < 1.29 is 23.4 Å². The van der Waals surface area contributed by atoms with Gasteiger partial charge in [-0.1, -0.05) is 17.7 Å². The molecule has 11 heteroatoms. The smallest absolute Gasteiger partial charge is 0.237 e. The van der Waals surface area contributed by atoms with Crippen LogP contribution in [-0.2, 0) is 9.53 Å². The lowest BCUT2D eigenvalue weighted by Gasteiger charge is -2.20. The molecular formula is C25H29ClFN5O4. The van der Waals surface area contributed by atoms with Crippen LogP contribution in [0.4, 0.5) is 15.9 Å². The quantitative estimate of drug-likeness (QED) is 0.442. The molecule has 2 N–H and O–H groups in total. The van der Waals surface area contributed by atoms with Gasteiger partial charge in [0.25, 0.3) is 0 Å². The number of aromatic nitrogens is 2. The fraction of sp³-hybridized carbons (Fsp3) is 0.400. The maximum absolute atomic E-state index is 14.5. The van der Waals surface area contributed by atoms with Gasteiger partial charge in [0.1, 0.15) is 18.2 Å². The molecule has 36 heavy (non-hydrogen) atoms. The van der Waals surface area contributed by atoms with Gasteiger partial charge < -0.3 is 24.8 Å². The molecule has 4 rings (SSSR count). The van der Waals surface area contributed by atoms with Gasteiger partial charge in [0.15, 0.2) is 17.3 Å². The summed E-state index contributed by atoms with van der Waals surface area (Å²) in [6, 6.07) is 7.77. The maximum Gasteiger partial charge on any atom is 0.237 e. The van der Waals surface area contributed by atoms with E-state index < -0.39 is 5.82 Å². The van der Waals surface area contributed by atoms with E-state index in [1.807, 2.05) is 18.9 Å². The van der Waals surface area contributed by atoms with E-state index in [4.69, 9.17) is 25.8 Å². The summed E-state index contributed by atoms with van der Waals surface area (Å²) >= 11 is 5.92. The highest BCUT2D eigenvalue weighted by Gasteiger charge is 2.36. The van der Waals surface area contributed by atoms with Crippen molar-refractivity contribution in [2.45, 2.75) is 31.5 Å². The number of likely N-dealkylation sites (tertiary alicyclic amines) is 1. The predicted molar refractivity (Wildman–Crippen MR) is 136 cm³/mol. The molecule has 0 aliphatic carbocycles. The van der Waals surface area contributed by atoms with Crippen molar-refractivity contribution in [3.8, 4) is 11.5 Å². The Morgan fingerprint density at radius 2 is 2.08 bits per heavy atom. The number of methoxy groups -OCH3 is 2. The topological polar surface area (TPSA) is 97.8 Å². The highest BCUT2D eigenvalue weighted by atomic mass is 35.5. The minimum absolute atomic E-state index is 0.00427. The number of halogens is 2. The fourth-order valence-corrected chi connectivity index (χ4v) is 4.47. The summed E-state index contributed by atoms with van der Waals surface area (Å²) in [7, 11) is 5.04. The van der Waals surface area contributed by atoms with Crippen molar-refractivity contribution in [1.82, 2.24) is 20.2 Å². The molecule has 192 valence electrons. The van der Waals surface area contributed by atoms with Crippen molar-refractivity contribution in [2.24, 2.45) is 0 Å². The lowest BCUT2D eigenvalue weighted by molar-refractivity contribution is -0.126. The van der Waals surface area contributed by atoms with Gasteiger partial charge >= 0.3 is 0 Å². The first-order valence-electron chi connectivity index (χ1n) is 11.5. The number of rotatable bonds is 9. The molecule has 1 unspecified atom stereocenters. The molecule has 2 heterocycles. The van der Waals surface area contributed by atoms with Gasteiger partial charge in [0, 0.05) is 37.6 Å². The standard InChI is InChI=1S/C25H29ClFN5O4/c1-14(12-34-3)30-25(33)20-8-15(11-32(20)2)36-22-9-16-19(10-21(22)35-4)28-13-29-24(16)31-18-7-5-6-17(26)23(18)27/h5-7,9-10,13-15,20H,8,11-12H2,1-4H3,(H,30,33)(H,28,29,31)/t14?,15-,20+/m0/s1. The van der Waals surface area contributed by atoms with Crippen LogP contribution in [0.2, 0.25) is 5.02 Å². The molecule has 1 saturated heterocycles. The Bertz CT molecular complexity index is 1250. The van der Waals surface area contributed by atoms with Crippen LogP contribution in [0.3, 0.4) is 0 Å². The molecule has 3 atom stereocenters. The number of anilines is 2. The molecule has 0 saturated carbocycles. The van der Waals surface area contributed by atoms with Gasteiger partial charge in [0.05, 0.1) is 36.0 Å². The SMILES string of the molecule is COCC(C)NC(=O)[C@H]1C[C@H](Oc2cc3c(Nc4cccc(Cl)c4F)ncnc3cc2OC)CN1C. The van der Waals surface area contributed by atoms with E-state index in [1.54, 1.807) is 38.5 Å². The van der Waals surface area contributed by atoms with E-state index in [-0.39, 0.29) is 34.8 Å². The van der Waals surface area contributed by atoms with Gasteiger partial charge in [-0.15, -0.1) is 0 Å². The third-order valence-corrected chi connectivity index (χ3v) is 6.33. The van der Waals surface area contributed by atoms with Crippen molar-refractivity contribution in [3.63, 3.8) is 0 Å². The van der Waals surface area contributed by atoms with E-state index in [0.29, 0.717) is 47.8 Å². The van der Waals surface area contributed by atoms with Gasteiger partial charge in [-0.2, -0.15) is 0 Å². The fourth-order valence-electron chi connectivity index (χ4n) is 4.30. The highest BCUT2D eigenvalue weighted by Crippen LogP contribution is 2.37. The van der Waals surface area contributed by atoms with E-state index in [1.165, 1.54) is 12.4 Å². The molecule has 0 bridgehead atoms. The summed E-state index contributed by atoms with van der Waals surface area (Å²) in [5.74, 6) is 0.713. The Hall–Kier alpha value is -3.21. The monoisotopic (exact) mass is 517 g/mol. The first-order valence-corrected chi connectivity index (χ1v) is 11.9. The van der Waals surface area contributed by atoms with Crippen molar-refractivity contribution in [3.05, 3.63) is 47.5 Å². The summed E-state index contributed by atoms with van der Waals surface area (Å²) in [4.78, 5) is 23.3. The molecule has 3 aromatic rings. The number of fused-ring (bicyclic) bond motifs is 1. The maximum atomic E-state index is 14.5. The van der Waals surface area contributed by atoms with Crippen LogP contribution in [0.1, 0.15) is 13.3 Å². The average Bonchev–Trinajstić information content (AvgIpc) is 3.22. The summed E-state index contributed by atoms with van der Waals surface area (Å²) in [5.41, 5.74) is 0.779. The molecule has 9 nitrogen and oxygen atoms in total. The first-order chi connectivity index (χ1) is 17.3. The molecule has 1 aromatic heterocycles. The van der Waals surface area contributed by atoms with Crippen LogP contribution in [-0.4, -0.2) is 73.4 Å². The van der Waals surface area contributed by atoms with Gasteiger partial charge in [-0.05, 0) is 32.2 Å². The number of ether oxygens (including phenoxy) is 3. The lowest BCUT2D eigenvalue weighted by atomic mass is 10.1. The van der Waals surface area contributed by atoms with Crippen LogP contribution in [0.5, 0.6) is 11.5 Å². The second kappa shape index (κ2) is 11.2. The Morgan fingerprint density at radius 3 is 2.83 bits per heavy atom. The van der Waals surface area contributed by atoms with Gasteiger partial charge in [-0.3, -0.25) is 9.69 Å². The third kappa shape index (κ3) is 5.61. The zero-order chi connectivity index (χ0) is 25.8. The Balaban J connectivity index is 1.57. The number of benzene rings is 2. The number of hydrogen-bond acceptors (Lipinski definition) is 8. The van der Waals surface area contributed by atoms with Crippen LogP contribution in [0, 0.1) is 5.82 Å². The van der Waals surface area contributed by atoms with E-state index >= 15 is 0 Å². The summed E-state index contributed by atoms with van der Waals surface area (Å²) < 4.78 is 31.4. The highest BCUT2D eigenvalue weighted by molar-refractivity contribution is 6.31. The predicted octanol–water partition coefficient (Wildman–Crippen LogP) is 3.78. The number of carbonyl (C=O) groups excluding carboxylic acids is 1. The first kappa shape index (κ1) is 25.9. The minimum atomic E-state index is -0.575. The number of carbonyl (C=O) groups is 1. The van der Waals surface area contributed by atoms with Crippen molar-refractivity contribution >= 4 is 39.9 Å². The largest absolute Gasteiger partial charge is 0.493 e. The molecule has 0 spiro atoms. The molecule has 2 aromatic carbocycles. The van der Waals surface area contributed by atoms with Crippen molar-refractivity contribution in [1.29, 1.82) is 0 Å². The average molecular weight is 518 g/mol. The third-order valence-electron chi connectivity index (χ3n) is 6.04. The zero-order valence-electron chi connectivity index (χ0n) is 20.5. The Morgan fingerprint density at radius 1 is 1.28 bits per heavy atom. The second-order valence-corrected chi connectivity index (χ2v) is 9.17. The molecule has 0 radical (unpaired) electrons. The number of nitrogens with one attached hydrogen (secondary N) is 2. The van der Waals surface area contributed by atoms with E-state index in [9.17, 15) is 9.18 Å². The van der Waals surface area contributed by atoms with Crippen LogP contribution < -0.4 is 20.1 Å². The lowest BCUT2D eigenvalue weighted by Crippen LogP contribution is -2.46. The van der Waals surface area contributed by atoms with E-state index in [2.05, 4.69) is 20.6 Å². The number of amides is 1. The zero-order valence-corrected chi connectivity index (χ0v) is 21.3. The molecular weight excluding hydrogens is 489 g/mol. The van der Waals surface area contributed by atoms with Crippen LogP contribution >= 0.6 is 11.6 Å². The summed E-state index contributed by atoms with van der Waals surface area (Å²) in [6.45, 7) is 2.89. The minimum Gasteiger partial charge on any atom is -0.493 e. The number of hydrogen-bond donors (Lipinski definition) is 2. The number of nitrogens with zero attached hydrogens (tertiary/aromatic N) is 3. The van der Waals surface area contributed by atoms with Gasteiger partial charge in [-0.25, -0.2) is 14.4 Å². The van der Waals surface area contributed by atoms with Crippen LogP contribution in [0.15, 0.2) is 36.7 Å². The molecule has 1 fully saturated rings. The molecule has 1 aliphatic heterocycles. The van der Waals surface area contributed by atoms with Gasteiger partial charge in [0.2, 0.25) is 5.91 Å². The molecule has 1 aliphatic rings. The summed E-state index contributed by atoms with van der Waals surface area (Å²) in [5, 5.41) is 6.58. The number of likely N-dealkylation sites (N-methyl/N-ethyl adjacent to an activating group) is 1. The van der Waals surface area contributed by atoms with Crippen molar-refractivity contribution in [2.75, 3.05) is 39.7 Å². The Labute approximate surface area is 213 Å². The van der Waals surface area contributed by atoms with E-state index in [0.717, 1.165) is 0 Å². The summed E-state index contributed by atoms with van der Waals surface area (Å²) in [6.07, 6.45) is 1.64.